The third-order valence-corrected chi connectivity index (χ3v) is 4.86. The van der Waals surface area contributed by atoms with E-state index < -0.39 is 0 Å². The van der Waals surface area contributed by atoms with Crippen LogP contribution in [0.1, 0.15) is 37.2 Å². The van der Waals surface area contributed by atoms with E-state index in [4.69, 9.17) is 0 Å². The Balaban J connectivity index is 1.68. The fourth-order valence-corrected chi connectivity index (χ4v) is 3.36. The number of nitrogens with zero attached hydrogens (tertiary/aromatic N) is 2. The van der Waals surface area contributed by atoms with E-state index in [9.17, 15) is 4.79 Å². The molecular formula is C18H24N4O. The summed E-state index contributed by atoms with van der Waals surface area (Å²) in [5.74, 6) is 0. The van der Waals surface area contributed by atoms with Gasteiger partial charge in [-0.3, -0.25) is 4.68 Å². The minimum absolute atomic E-state index is 0.0643. The molecule has 2 N–H and O–H groups in total. The molecular weight excluding hydrogens is 288 g/mol. The summed E-state index contributed by atoms with van der Waals surface area (Å²) in [6.07, 6.45) is 0.947. The lowest BCUT2D eigenvalue weighted by atomic mass is 9.96. The van der Waals surface area contributed by atoms with E-state index in [1.807, 2.05) is 38.2 Å². The standard InChI is InChI=1S/C18H24N4O/c1-13-10-15(22(4)21-13)11-19-16(23)20-18(12-17(18,2)3)14-8-6-5-7-9-14/h5-10H,11-12H2,1-4H3,(H2,19,20,23). The van der Waals surface area contributed by atoms with Crippen LogP contribution in [-0.4, -0.2) is 15.8 Å². The number of carbonyl (C=O) groups excluding carboxylic acids is 1. The molecule has 2 aromatic rings. The second-order valence-corrected chi connectivity index (χ2v) is 7.04. The van der Waals surface area contributed by atoms with E-state index in [0.29, 0.717) is 6.54 Å². The van der Waals surface area contributed by atoms with Gasteiger partial charge in [-0.2, -0.15) is 5.10 Å². The normalized spacial score (nSPS) is 21.7. The monoisotopic (exact) mass is 312 g/mol. The van der Waals surface area contributed by atoms with Crippen molar-refractivity contribution < 1.29 is 4.79 Å². The first-order valence-electron chi connectivity index (χ1n) is 7.95. The van der Waals surface area contributed by atoms with Crippen LogP contribution in [0.3, 0.4) is 0 Å². The number of hydrogen-bond donors (Lipinski definition) is 2. The van der Waals surface area contributed by atoms with E-state index in [2.05, 4.69) is 41.7 Å². The van der Waals surface area contributed by atoms with Gasteiger partial charge in [0.2, 0.25) is 0 Å². The molecule has 1 aromatic heterocycles. The van der Waals surface area contributed by atoms with Gasteiger partial charge >= 0.3 is 6.03 Å². The van der Waals surface area contributed by atoms with E-state index >= 15 is 0 Å². The van der Waals surface area contributed by atoms with Crippen molar-refractivity contribution in [2.45, 2.75) is 39.3 Å². The van der Waals surface area contributed by atoms with Crippen LogP contribution >= 0.6 is 0 Å². The fraction of sp³-hybridized carbons (Fsp3) is 0.444. The summed E-state index contributed by atoms with van der Waals surface area (Å²) in [7, 11) is 1.89. The molecule has 1 saturated carbocycles. The number of aromatic nitrogens is 2. The first-order valence-corrected chi connectivity index (χ1v) is 7.95. The Morgan fingerprint density at radius 3 is 2.48 bits per heavy atom. The zero-order chi connectivity index (χ0) is 16.7. The van der Waals surface area contributed by atoms with Crippen LogP contribution in [0.15, 0.2) is 36.4 Å². The average molecular weight is 312 g/mol. The highest BCUT2D eigenvalue weighted by molar-refractivity contribution is 5.76. The van der Waals surface area contributed by atoms with Gasteiger partial charge in [-0.1, -0.05) is 44.2 Å². The van der Waals surface area contributed by atoms with Gasteiger partial charge in [0, 0.05) is 7.05 Å². The van der Waals surface area contributed by atoms with Gasteiger partial charge in [0.15, 0.2) is 0 Å². The molecule has 0 aliphatic heterocycles. The van der Waals surface area contributed by atoms with Gasteiger partial charge in [0.25, 0.3) is 0 Å². The van der Waals surface area contributed by atoms with Crippen molar-refractivity contribution in [1.82, 2.24) is 20.4 Å². The minimum Gasteiger partial charge on any atom is -0.333 e. The van der Waals surface area contributed by atoms with E-state index in [0.717, 1.165) is 23.4 Å². The lowest BCUT2D eigenvalue weighted by Gasteiger charge is -2.23. The predicted molar refractivity (Wildman–Crippen MR) is 89.8 cm³/mol. The van der Waals surface area contributed by atoms with E-state index in [1.54, 1.807) is 4.68 Å². The molecule has 1 unspecified atom stereocenters. The minimum atomic E-state index is -0.277. The average Bonchev–Trinajstić information content (AvgIpc) is 2.89. The van der Waals surface area contributed by atoms with Crippen LogP contribution in [0.2, 0.25) is 0 Å². The van der Waals surface area contributed by atoms with Crippen molar-refractivity contribution in [1.29, 1.82) is 0 Å². The van der Waals surface area contributed by atoms with Crippen molar-refractivity contribution >= 4 is 6.03 Å². The van der Waals surface area contributed by atoms with Crippen LogP contribution in [0, 0.1) is 12.3 Å². The lowest BCUT2D eigenvalue weighted by molar-refractivity contribution is 0.231. The topological polar surface area (TPSA) is 59.0 Å². The second kappa shape index (κ2) is 5.41. The summed E-state index contributed by atoms with van der Waals surface area (Å²) in [6, 6.07) is 12.0. The number of aryl methyl sites for hydroxylation is 2. The number of hydrogen-bond acceptors (Lipinski definition) is 2. The Morgan fingerprint density at radius 2 is 1.96 bits per heavy atom. The van der Waals surface area contributed by atoms with Crippen molar-refractivity contribution in [3.05, 3.63) is 53.3 Å². The Kier molecular flexibility index (Phi) is 3.66. The predicted octanol–water partition coefficient (Wildman–Crippen LogP) is 2.85. The first-order chi connectivity index (χ1) is 10.8. The van der Waals surface area contributed by atoms with Gasteiger partial charge in [-0.25, -0.2) is 4.79 Å². The third kappa shape index (κ3) is 2.83. The highest BCUT2D eigenvalue weighted by Crippen LogP contribution is 2.62. The molecule has 0 radical (unpaired) electrons. The first kappa shape index (κ1) is 15.6. The van der Waals surface area contributed by atoms with E-state index in [-0.39, 0.29) is 17.0 Å². The molecule has 1 aliphatic rings. The van der Waals surface area contributed by atoms with Crippen molar-refractivity contribution in [3.63, 3.8) is 0 Å². The summed E-state index contributed by atoms with van der Waals surface area (Å²) < 4.78 is 1.80. The molecule has 122 valence electrons. The molecule has 1 aliphatic carbocycles. The summed E-state index contributed by atoms with van der Waals surface area (Å²) >= 11 is 0. The van der Waals surface area contributed by atoms with Gasteiger partial charge in [0.05, 0.1) is 23.5 Å². The molecule has 5 heteroatoms. The zero-order valence-corrected chi connectivity index (χ0v) is 14.2. The number of rotatable bonds is 4. The quantitative estimate of drug-likeness (QED) is 0.912. The molecule has 1 heterocycles. The maximum absolute atomic E-state index is 12.4. The largest absolute Gasteiger partial charge is 0.333 e. The highest BCUT2D eigenvalue weighted by atomic mass is 16.2. The van der Waals surface area contributed by atoms with Crippen molar-refractivity contribution in [3.8, 4) is 0 Å². The number of nitrogens with one attached hydrogen (secondary N) is 2. The molecule has 0 saturated heterocycles. The molecule has 3 rings (SSSR count). The molecule has 5 nitrogen and oxygen atoms in total. The number of benzene rings is 1. The highest BCUT2D eigenvalue weighted by Gasteiger charge is 2.63. The Hall–Kier alpha value is -2.30. The Morgan fingerprint density at radius 1 is 1.30 bits per heavy atom. The molecule has 0 bridgehead atoms. The van der Waals surface area contributed by atoms with Crippen molar-refractivity contribution in [2.75, 3.05) is 0 Å². The van der Waals surface area contributed by atoms with Gasteiger partial charge in [-0.15, -0.1) is 0 Å². The summed E-state index contributed by atoms with van der Waals surface area (Å²) in [5, 5.41) is 10.4. The maximum Gasteiger partial charge on any atom is 0.315 e. The molecule has 1 aromatic carbocycles. The van der Waals surface area contributed by atoms with Crippen LogP contribution in [0.4, 0.5) is 4.79 Å². The zero-order valence-electron chi connectivity index (χ0n) is 14.2. The van der Waals surface area contributed by atoms with Crippen LogP contribution in [-0.2, 0) is 19.1 Å². The van der Waals surface area contributed by atoms with E-state index in [1.165, 1.54) is 0 Å². The second-order valence-electron chi connectivity index (χ2n) is 7.04. The smallest absolute Gasteiger partial charge is 0.315 e. The van der Waals surface area contributed by atoms with Crippen LogP contribution in [0.25, 0.3) is 0 Å². The number of urea groups is 1. The summed E-state index contributed by atoms with van der Waals surface area (Å²) in [5.41, 5.74) is 2.89. The number of carbonyl (C=O) groups is 1. The summed E-state index contributed by atoms with van der Waals surface area (Å²) in [4.78, 5) is 12.4. The van der Waals surface area contributed by atoms with Crippen LogP contribution in [0.5, 0.6) is 0 Å². The summed E-state index contributed by atoms with van der Waals surface area (Å²) in [6.45, 7) is 6.78. The fourth-order valence-electron chi connectivity index (χ4n) is 3.36. The Bertz CT molecular complexity index is 720. The molecule has 1 fully saturated rings. The van der Waals surface area contributed by atoms with Gasteiger partial charge in [-0.05, 0) is 30.4 Å². The molecule has 2 amide bonds. The Labute approximate surface area is 137 Å². The third-order valence-electron chi connectivity index (χ3n) is 4.86. The van der Waals surface area contributed by atoms with Gasteiger partial charge < -0.3 is 10.6 Å². The molecule has 1 atom stereocenters. The molecule has 0 spiro atoms. The SMILES string of the molecule is Cc1cc(CNC(=O)NC2(c3ccccc3)CC2(C)C)n(C)n1. The van der Waals surface area contributed by atoms with Gasteiger partial charge in [0.1, 0.15) is 0 Å². The molecule has 23 heavy (non-hydrogen) atoms. The maximum atomic E-state index is 12.4. The van der Waals surface area contributed by atoms with Crippen molar-refractivity contribution in [2.24, 2.45) is 12.5 Å². The lowest BCUT2D eigenvalue weighted by Crippen LogP contribution is -2.44. The van der Waals surface area contributed by atoms with Crippen LogP contribution < -0.4 is 10.6 Å². The number of amides is 2.